The molecule has 0 spiro atoms. The van der Waals surface area contributed by atoms with Gasteiger partial charge in [-0.05, 0) is 49.9 Å². The molecule has 0 saturated carbocycles. The van der Waals surface area contributed by atoms with Gasteiger partial charge in [0.15, 0.2) is 0 Å². The van der Waals surface area contributed by atoms with Gasteiger partial charge in [-0.25, -0.2) is 0 Å². The van der Waals surface area contributed by atoms with Crippen molar-refractivity contribution in [1.29, 1.82) is 0 Å². The molecular formula is C16H14N2O2. The van der Waals surface area contributed by atoms with Gasteiger partial charge in [0, 0.05) is 12.4 Å². The lowest BCUT2D eigenvalue weighted by molar-refractivity contribution is 0.0970. The number of nitrogens with zero attached hydrogens (tertiary/aromatic N) is 2. The first-order chi connectivity index (χ1) is 9.43. The predicted octanol–water partition coefficient (Wildman–Crippen LogP) is 2.49. The topological polar surface area (TPSA) is 59.9 Å². The standard InChI is InChI=1S/C16H14N2O2/c1-7-5-17-13-11(9(7)3)15(19)14-12(16(13)20)10(4)8(2)6-18-14/h5-6H,1-4H3. The fourth-order valence-electron chi connectivity index (χ4n) is 2.53. The Morgan fingerprint density at radius 2 is 1.05 bits per heavy atom. The molecule has 0 fully saturated rings. The van der Waals surface area contributed by atoms with Crippen LogP contribution in [0.4, 0.5) is 0 Å². The first kappa shape index (κ1) is 12.7. The minimum Gasteiger partial charge on any atom is -0.287 e. The van der Waals surface area contributed by atoms with Gasteiger partial charge >= 0.3 is 0 Å². The van der Waals surface area contributed by atoms with Crippen LogP contribution in [0, 0.1) is 27.7 Å². The Morgan fingerprint density at radius 3 is 1.40 bits per heavy atom. The van der Waals surface area contributed by atoms with Gasteiger partial charge < -0.3 is 0 Å². The van der Waals surface area contributed by atoms with Crippen LogP contribution in [0.25, 0.3) is 0 Å². The normalized spacial score (nSPS) is 13.2. The van der Waals surface area contributed by atoms with Gasteiger partial charge in [-0.1, -0.05) is 0 Å². The van der Waals surface area contributed by atoms with Crippen molar-refractivity contribution in [1.82, 2.24) is 9.97 Å². The lowest BCUT2D eigenvalue weighted by Crippen LogP contribution is -2.26. The third kappa shape index (κ3) is 1.48. The molecule has 0 amide bonds. The summed E-state index contributed by atoms with van der Waals surface area (Å²) in [5, 5.41) is 0. The average Bonchev–Trinajstić information content (AvgIpc) is 2.42. The summed E-state index contributed by atoms with van der Waals surface area (Å²) in [7, 11) is 0. The summed E-state index contributed by atoms with van der Waals surface area (Å²) in [4.78, 5) is 33.6. The quantitative estimate of drug-likeness (QED) is 0.627. The van der Waals surface area contributed by atoms with E-state index in [1.54, 1.807) is 12.4 Å². The summed E-state index contributed by atoms with van der Waals surface area (Å²) in [6.07, 6.45) is 3.28. The van der Waals surface area contributed by atoms with Crippen molar-refractivity contribution in [3.8, 4) is 0 Å². The van der Waals surface area contributed by atoms with Gasteiger partial charge in [0.05, 0.1) is 11.1 Å². The van der Waals surface area contributed by atoms with Crippen molar-refractivity contribution < 1.29 is 9.59 Å². The van der Waals surface area contributed by atoms with Gasteiger partial charge in [0.2, 0.25) is 11.6 Å². The molecule has 2 heterocycles. The Morgan fingerprint density at radius 1 is 0.700 bits per heavy atom. The van der Waals surface area contributed by atoms with Crippen LogP contribution in [0.2, 0.25) is 0 Å². The van der Waals surface area contributed by atoms with E-state index in [2.05, 4.69) is 9.97 Å². The Balaban J connectivity index is 2.40. The zero-order valence-corrected chi connectivity index (χ0v) is 11.9. The minimum atomic E-state index is -0.202. The average molecular weight is 266 g/mol. The first-order valence-electron chi connectivity index (χ1n) is 6.45. The smallest absolute Gasteiger partial charge is 0.214 e. The fourth-order valence-corrected chi connectivity index (χ4v) is 2.53. The van der Waals surface area contributed by atoms with Crippen LogP contribution in [0.15, 0.2) is 12.4 Å². The second-order valence-electron chi connectivity index (χ2n) is 5.24. The molecule has 2 aromatic heterocycles. The Kier molecular flexibility index (Phi) is 2.57. The van der Waals surface area contributed by atoms with Gasteiger partial charge in [-0.15, -0.1) is 0 Å². The third-order valence-corrected chi connectivity index (χ3v) is 4.07. The number of aryl methyl sites for hydroxylation is 2. The highest BCUT2D eigenvalue weighted by Gasteiger charge is 2.35. The first-order valence-corrected chi connectivity index (χ1v) is 6.45. The van der Waals surface area contributed by atoms with Crippen LogP contribution < -0.4 is 0 Å². The SMILES string of the molecule is Cc1cnc2c(c1C)C(=O)c1ncc(C)c(C)c1C2=O. The monoisotopic (exact) mass is 266 g/mol. The van der Waals surface area contributed by atoms with E-state index in [1.165, 1.54) is 0 Å². The largest absolute Gasteiger partial charge is 0.287 e. The Hall–Kier alpha value is -2.36. The van der Waals surface area contributed by atoms with Crippen molar-refractivity contribution in [3.63, 3.8) is 0 Å². The molecule has 0 radical (unpaired) electrons. The molecular weight excluding hydrogens is 252 g/mol. The number of rotatable bonds is 0. The fraction of sp³-hybridized carbons (Fsp3) is 0.250. The second kappa shape index (κ2) is 4.07. The molecule has 0 unspecified atom stereocenters. The molecule has 2 aromatic rings. The van der Waals surface area contributed by atoms with Gasteiger partial charge in [0.1, 0.15) is 11.4 Å². The van der Waals surface area contributed by atoms with Crippen molar-refractivity contribution in [2.75, 3.05) is 0 Å². The molecule has 4 heteroatoms. The molecule has 0 N–H and O–H groups in total. The summed E-state index contributed by atoms with van der Waals surface area (Å²) >= 11 is 0. The maximum atomic E-state index is 12.6. The summed E-state index contributed by atoms with van der Waals surface area (Å²) in [5.74, 6) is -0.405. The van der Waals surface area contributed by atoms with E-state index in [0.29, 0.717) is 11.1 Å². The van der Waals surface area contributed by atoms with Crippen LogP contribution in [0.5, 0.6) is 0 Å². The Labute approximate surface area is 116 Å². The number of aromatic nitrogens is 2. The number of pyridine rings is 2. The van der Waals surface area contributed by atoms with Crippen LogP contribution >= 0.6 is 0 Å². The number of hydrogen-bond donors (Lipinski definition) is 0. The van der Waals surface area contributed by atoms with Crippen molar-refractivity contribution in [2.24, 2.45) is 0 Å². The maximum Gasteiger partial charge on any atom is 0.214 e. The second-order valence-corrected chi connectivity index (χ2v) is 5.24. The zero-order valence-electron chi connectivity index (χ0n) is 11.9. The summed E-state index contributed by atoms with van der Waals surface area (Å²) in [5.41, 5.74) is 4.71. The van der Waals surface area contributed by atoms with E-state index in [-0.39, 0.29) is 23.0 Å². The number of carbonyl (C=O) groups is 2. The van der Waals surface area contributed by atoms with Crippen LogP contribution in [-0.4, -0.2) is 21.5 Å². The van der Waals surface area contributed by atoms with E-state index < -0.39 is 0 Å². The van der Waals surface area contributed by atoms with E-state index in [4.69, 9.17) is 0 Å². The zero-order chi connectivity index (χ0) is 14.6. The molecule has 0 saturated heterocycles. The molecule has 0 aromatic carbocycles. The van der Waals surface area contributed by atoms with Crippen LogP contribution in [0.1, 0.15) is 54.4 Å². The number of carbonyl (C=O) groups excluding carboxylic acids is 2. The lowest BCUT2D eigenvalue weighted by Gasteiger charge is -2.20. The highest BCUT2D eigenvalue weighted by molar-refractivity contribution is 6.27. The predicted molar refractivity (Wildman–Crippen MR) is 74.3 cm³/mol. The third-order valence-electron chi connectivity index (χ3n) is 4.07. The Bertz CT molecular complexity index is 724. The van der Waals surface area contributed by atoms with Crippen LogP contribution in [0.3, 0.4) is 0 Å². The number of fused-ring (bicyclic) bond motifs is 2. The molecule has 0 atom stereocenters. The minimum absolute atomic E-state index is 0.202. The number of ketones is 2. The highest BCUT2D eigenvalue weighted by atomic mass is 16.1. The van der Waals surface area contributed by atoms with Gasteiger partial charge in [-0.3, -0.25) is 19.6 Å². The number of hydrogen-bond acceptors (Lipinski definition) is 4. The van der Waals surface area contributed by atoms with Gasteiger partial charge in [0.25, 0.3) is 0 Å². The molecule has 1 aliphatic rings. The molecule has 20 heavy (non-hydrogen) atoms. The molecule has 1 aliphatic carbocycles. The van der Waals surface area contributed by atoms with Crippen LogP contribution in [-0.2, 0) is 0 Å². The van der Waals surface area contributed by atoms with Gasteiger partial charge in [-0.2, -0.15) is 0 Å². The van der Waals surface area contributed by atoms with E-state index in [9.17, 15) is 9.59 Å². The maximum absolute atomic E-state index is 12.6. The van der Waals surface area contributed by atoms with Crippen molar-refractivity contribution >= 4 is 11.6 Å². The molecule has 100 valence electrons. The molecule has 0 aliphatic heterocycles. The van der Waals surface area contributed by atoms with Crippen molar-refractivity contribution in [2.45, 2.75) is 27.7 Å². The van der Waals surface area contributed by atoms with E-state index >= 15 is 0 Å². The lowest BCUT2D eigenvalue weighted by atomic mass is 9.84. The highest BCUT2D eigenvalue weighted by Crippen LogP contribution is 2.30. The molecule has 4 nitrogen and oxygen atoms in total. The molecule has 0 bridgehead atoms. The summed E-state index contributed by atoms with van der Waals surface area (Å²) in [6.45, 7) is 7.44. The van der Waals surface area contributed by atoms with E-state index in [1.807, 2.05) is 27.7 Å². The summed E-state index contributed by atoms with van der Waals surface area (Å²) < 4.78 is 0. The summed E-state index contributed by atoms with van der Waals surface area (Å²) in [6, 6.07) is 0. The van der Waals surface area contributed by atoms with Crippen molar-refractivity contribution in [3.05, 3.63) is 57.2 Å². The molecule has 3 rings (SSSR count). The van der Waals surface area contributed by atoms with E-state index in [0.717, 1.165) is 22.3 Å².